The van der Waals surface area contributed by atoms with Crippen LogP contribution < -0.4 is 14.8 Å². The standard InChI is InChI=1S/C19H23NO2.ClH/c1-2-21-17-7-3-14-10-18(8-4-13(14)9-17)22-19-11-15-5-6-16(12-19)20-15;/h3-4,7-10,15-16,19-20H,2,5-6,11-12H2,1H3;1H/t15-,16+,19?;. The molecule has 3 nitrogen and oxygen atoms in total. The Morgan fingerprint density at radius 3 is 2.22 bits per heavy atom. The van der Waals surface area contributed by atoms with E-state index >= 15 is 0 Å². The van der Waals surface area contributed by atoms with Gasteiger partial charge in [-0.1, -0.05) is 12.1 Å². The van der Waals surface area contributed by atoms with Gasteiger partial charge in [-0.2, -0.15) is 0 Å². The SMILES string of the molecule is CCOc1ccc2cc(OC3C[C@H]4CC[C@@H](C3)N4)ccc2c1.Cl. The molecule has 0 amide bonds. The van der Waals surface area contributed by atoms with Gasteiger partial charge in [0.1, 0.15) is 17.6 Å². The van der Waals surface area contributed by atoms with Crippen LogP contribution in [0.4, 0.5) is 0 Å². The lowest BCUT2D eigenvalue weighted by Gasteiger charge is -2.29. The van der Waals surface area contributed by atoms with Gasteiger partial charge in [-0.25, -0.2) is 0 Å². The van der Waals surface area contributed by atoms with Gasteiger partial charge in [-0.15, -0.1) is 12.4 Å². The highest BCUT2D eigenvalue weighted by molar-refractivity contribution is 5.85. The summed E-state index contributed by atoms with van der Waals surface area (Å²) < 4.78 is 11.8. The van der Waals surface area contributed by atoms with E-state index in [2.05, 4.69) is 35.6 Å². The largest absolute Gasteiger partial charge is 0.494 e. The first-order valence-corrected chi connectivity index (χ1v) is 8.39. The van der Waals surface area contributed by atoms with Crippen molar-refractivity contribution in [3.8, 4) is 11.5 Å². The van der Waals surface area contributed by atoms with Gasteiger partial charge in [0, 0.05) is 12.1 Å². The lowest BCUT2D eigenvalue weighted by molar-refractivity contribution is 0.137. The summed E-state index contributed by atoms with van der Waals surface area (Å²) in [6.45, 7) is 2.71. The van der Waals surface area contributed by atoms with Crippen LogP contribution in [0.25, 0.3) is 10.8 Å². The third-order valence-corrected chi connectivity index (χ3v) is 4.83. The predicted molar refractivity (Wildman–Crippen MR) is 96.0 cm³/mol. The van der Waals surface area contributed by atoms with Crippen LogP contribution in [0.5, 0.6) is 11.5 Å². The van der Waals surface area contributed by atoms with Crippen LogP contribution in [0.1, 0.15) is 32.6 Å². The van der Waals surface area contributed by atoms with Crippen molar-refractivity contribution >= 4 is 23.2 Å². The number of benzene rings is 2. The lowest BCUT2D eigenvalue weighted by atomic mass is 10.0. The Hall–Kier alpha value is -1.45. The van der Waals surface area contributed by atoms with Crippen molar-refractivity contribution in [1.82, 2.24) is 5.32 Å². The van der Waals surface area contributed by atoms with Crippen LogP contribution in [-0.2, 0) is 0 Å². The summed E-state index contributed by atoms with van der Waals surface area (Å²) in [6.07, 6.45) is 5.25. The zero-order valence-electron chi connectivity index (χ0n) is 13.5. The molecule has 1 N–H and O–H groups in total. The molecule has 2 bridgehead atoms. The topological polar surface area (TPSA) is 30.5 Å². The minimum absolute atomic E-state index is 0. The Morgan fingerprint density at radius 2 is 1.57 bits per heavy atom. The van der Waals surface area contributed by atoms with E-state index in [4.69, 9.17) is 9.47 Å². The fourth-order valence-electron chi connectivity index (χ4n) is 3.83. The van der Waals surface area contributed by atoms with E-state index in [1.165, 1.54) is 23.6 Å². The smallest absolute Gasteiger partial charge is 0.120 e. The van der Waals surface area contributed by atoms with Crippen molar-refractivity contribution in [3.05, 3.63) is 36.4 Å². The maximum Gasteiger partial charge on any atom is 0.120 e. The Morgan fingerprint density at radius 1 is 0.957 bits per heavy atom. The van der Waals surface area contributed by atoms with Gasteiger partial charge in [0.2, 0.25) is 0 Å². The van der Waals surface area contributed by atoms with Gasteiger partial charge >= 0.3 is 0 Å². The Balaban J connectivity index is 0.00000156. The van der Waals surface area contributed by atoms with Gasteiger partial charge in [0.05, 0.1) is 6.61 Å². The minimum atomic E-state index is 0. The Kier molecular flexibility index (Phi) is 4.98. The van der Waals surface area contributed by atoms with Gasteiger partial charge in [-0.05, 0) is 67.6 Å². The van der Waals surface area contributed by atoms with E-state index in [1.807, 2.05) is 13.0 Å². The van der Waals surface area contributed by atoms with Gasteiger partial charge in [0.15, 0.2) is 0 Å². The quantitative estimate of drug-likeness (QED) is 0.903. The molecule has 2 saturated heterocycles. The second kappa shape index (κ2) is 6.98. The molecule has 0 spiro atoms. The van der Waals surface area contributed by atoms with Crippen molar-refractivity contribution in [2.45, 2.75) is 50.8 Å². The molecule has 2 fully saturated rings. The third-order valence-electron chi connectivity index (χ3n) is 4.83. The molecule has 0 aromatic heterocycles. The molecule has 2 heterocycles. The molecule has 0 radical (unpaired) electrons. The van der Waals surface area contributed by atoms with Crippen LogP contribution >= 0.6 is 12.4 Å². The molecule has 3 atom stereocenters. The first-order chi connectivity index (χ1) is 10.8. The molecular weight excluding hydrogens is 310 g/mol. The van der Waals surface area contributed by atoms with Crippen molar-refractivity contribution < 1.29 is 9.47 Å². The summed E-state index contributed by atoms with van der Waals surface area (Å²) >= 11 is 0. The Bertz CT molecular complexity index is 663. The molecule has 0 saturated carbocycles. The number of ether oxygens (including phenoxy) is 2. The molecule has 23 heavy (non-hydrogen) atoms. The first kappa shape index (κ1) is 16.4. The molecule has 0 aliphatic carbocycles. The Labute approximate surface area is 143 Å². The van der Waals surface area contributed by atoms with Crippen molar-refractivity contribution in [2.75, 3.05) is 6.61 Å². The minimum Gasteiger partial charge on any atom is -0.494 e. The molecule has 1 unspecified atom stereocenters. The number of hydrogen-bond acceptors (Lipinski definition) is 3. The molecule has 4 rings (SSSR count). The fourth-order valence-corrected chi connectivity index (χ4v) is 3.83. The molecule has 4 heteroatoms. The van der Waals surface area contributed by atoms with E-state index in [1.54, 1.807) is 0 Å². The summed E-state index contributed by atoms with van der Waals surface area (Å²) in [7, 11) is 0. The first-order valence-electron chi connectivity index (χ1n) is 8.39. The summed E-state index contributed by atoms with van der Waals surface area (Å²) in [4.78, 5) is 0. The third kappa shape index (κ3) is 3.56. The molecule has 2 aromatic carbocycles. The second-order valence-corrected chi connectivity index (χ2v) is 6.45. The van der Waals surface area contributed by atoms with Gasteiger partial charge in [-0.3, -0.25) is 0 Å². The van der Waals surface area contributed by atoms with E-state index in [9.17, 15) is 0 Å². The number of piperidine rings is 1. The van der Waals surface area contributed by atoms with Crippen LogP contribution in [0.15, 0.2) is 36.4 Å². The van der Waals surface area contributed by atoms with Crippen molar-refractivity contribution in [2.24, 2.45) is 0 Å². The highest BCUT2D eigenvalue weighted by Gasteiger charge is 2.34. The van der Waals surface area contributed by atoms with Crippen LogP contribution in [0, 0.1) is 0 Å². The number of hydrogen-bond donors (Lipinski definition) is 1. The molecule has 124 valence electrons. The van der Waals surface area contributed by atoms with Crippen LogP contribution in [-0.4, -0.2) is 24.8 Å². The summed E-state index contributed by atoms with van der Waals surface area (Å²) in [6, 6.07) is 13.9. The number of rotatable bonds is 4. The van der Waals surface area contributed by atoms with E-state index in [0.717, 1.165) is 24.3 Å². The van der Waals surface area contributed by atoms with Crippen LogP contribution in [0.2, 0.25) is 0 Å². The maximum atomic E-state index is 6.25. The summed E-state index contributed by atoms with van der Waals surface area (Å²) in [5.74, 6) is 1.92. The highest BCUT2D eigenvalue weighted by atomic mass is 35.5. The normalized spacial score (nSPS) is 25.9. The number of nitrogens with one attached hydrogen (secondary N) is 1. The van der Waals surface area contributed by atoms with Crippen molar-refractivity contribution in [3.63, 3.8) is 0 Å². The number of halogens is 1. The molecule has 2 aliphatic rings. The van der Waals surface area contributed by atoms with Gasteiger partial charge < -0.3 is 14.8 Å². The monoisotopic (exact) mass is 333 g/mol. The van der Waals surface area contributed by atoms with Gasteiger partial charge in [0.25, 0.3) is 0 Å². The lowest BCUT2D eigenvalue weighted by Crippen LogP contribution is -2.42. The van der Waals surface area contributed by atoms with Crippen molar-refractivity contribution in [1.29, 1.82) is 0 Å². The molecule has 2 aliphatic heterocycles. The predicted octanol–water partition coefficient (Wildman–Crippen LogP) is 4.32. The summed E-state index contributed by atoms with van der Waals surface area (Å²) in [5.41, 5.74) is 0. The zero-order chi connectivity index (χ0) is 14.9. The molecule has 2 aromatic rings. The second-order valence-electron chi connectivity index (χ2n) is 6.45. The van der Waals surface area contributed by atoms with E-state index in [-0.39, 0.29) is 12.4 Å². The zero-order valence-corrected chi connectivity index (χ0v) is 14.3. The fraction of sp³-hybridized carbons (Fsp3) is 0.474. The maximum absolute atomic E-state index is 6.25. The highest BCUT2D eigenvalue weighted by Crippen LogP contribution is 2.31. The average molecular weight is 334 g/mol. The number of fused-ring (bicyclic) bond motifs is 3. The average Bonchev–Trinajstić information content (AvgIpc) is 2.86. The van der Waals surface area contributed by atoms with E-state index < -0.39 is 0 Å². The molecular formula is C19H24ClNO2. The summed E-state index contributed by atoms with van der Waals surface area (Å²) in [5, 5.41) is 6.06. The van der Waals surface area contributed by atoms with Crippen LogP contribution in [0.3, 0.4) is 0 Å². The van der Waals surface area contributed by atoms with E-state index in [0.29, 0.717) is 24.8 Å².